The Bertz CT molecular complexity index is 541. The lowest BCUT2D eigenvalue weighted by atomic mass is 10.2. The minimum absolute atomic E-state index is 0.0468. The van der Waals surface area contributed by atoms with Gasteiger partial charge in [-0.3, -0.25) is 0 Å². The Balaban J connectivity index is 2.35. The van der Waals surface area contributed by atoms with Crippen molar-refractivity contribution in [3.8, 4) is 0 Å². The maximum atomic E-state index is 12.5. The number of nitrogen functional groups attached to an aromatic ring is 1. The smallest absolute Gasteiger partial charge is 0.245 e. The molecule has 6 heteroatoms. The zero-order valence-corrected chi connectivity index (χ0v) is 12.2. The molecule has 1 aliphatic heterocycles. The molecule has 0 amide bonds. The monoisotopic (exact) mass is 286 g/mol. The fourth-order valence-electron chi connectivity index (χ4n) is 2.03. The molecule has 0 spiro atoms. The lowest BCUT2D eigenvalue weighted by molar-refractivity contribution is 0.388. The molecule has 18 heavy (non-hydrogen) atoms. The van der Waals surface area contributed by atoms with Gasteiger partial charge in [0, 0.05) is 23.6 Å². The molecule has 2 N–H and O–H groups in total. The quantitative estimate of drug-likeness (QED) is 0.842. The minimum atomic E-state index is -3.47. The second kappa shape index (κ2) is 4.75. The summed E-state index contributed by atoms with van der Waals surface area (Å²) >= 11 is 1.80. The van der Waals surface area contributed by atoms with Crippen LogP contribution in [0.4, 0.5) is 5.69 Å². The van der Waals surface area contributed by atoms with E-state index >= 15 is 0 Å². The number of nitrogens with zero attached hydrogens (tertiary/aromatic N) is 1. The van der Waals surface area contributed by atoms with Crippen molar-refractivity contribution in [3.05, 3.63) is 24.3 Å². The highest BCUT2D eigenvalue weighted by Crippen LogP contribution is 2.33. The maximum Gasteiger partial charge on any atom is 0.245 e. The number of rotatable bonds is 2. The predicted molar refractivity (Wildman–Crippen MR) is 76.2 cm³/mol. The first kappa shape index (κ1) is 13.7. The van der Waals surface area contributed by atoms with Crippen LogP contribution in [-0.2, 0) is 10.0 Å². The van der Waals surface area contributed by atoms with E-state index in [9.17, 15) is 8.42 Å². The molecule has 0 aliphatic carbocycles. The molecule has 1 aromatic carbocycles. The van der Waals surface area contributed by atoms with E-state index in [1.165, 1.54) is 4.31 Å². The Hall–Kier alpha value is -0.720. The molecule has 1 fully saturated rings. The van der Waals surface area contributed by atoms with Crippen molar-refractivity contribution in [2.24, 2.45) is 0 Å². The summed E-state index contributed by atoms with van der Waals surface area (Å²) in [6.45, 7) is 5.19. The van der Waals surface area contributed by atoms with Gasteiger partial charge in [0.15, 0.2) is 0 Å². The van der Waals surface area contributed by atoms with Crippen molar-refractivity contribution >= 4 is 27.5 Å². The Labute approximate surface area is 113 Å². The first-order valence-corrected chi connectivity index (χ1v) is 8.24. The van der Waals surface area contributed by atoms with Gasteiger partial charge in [0.2, 0.25) is 10.0 Å². The molecular formula is C12H18N2O2S2. The van der Waals surface area contributed by atoms with Crippen LogP contribution in [0, 0.1) is 0 Å². The van der Waals surface area contributed by atoms with E-state index in [4.69, 9.17) is 5.73 Å². The molecule has 2 rings (SSSR count). The zero-order valence-electron chi connectivity index (χ0n) is 10.6. The SMILES string of the molecule is CC1(C)CN(S(=O)(=O)c2ccccc2N)CCS1. The molecule has 0 bridgehead atoms. The lowest BCUT2D eigenvalue weighted by Crippen LogP contribution is -2.46. The largest absolute Gasteiger partial charge is 0.398 e. The maximum absolute atomic E-state index is 12.5. The second-order valence-electron chi connectivity index (χ2n) is 4.98. The van der Waals surface area contributed by atoms with Crippen LogP contribution in [-0.4, -0.2) is 36.3 Å². The molecule has 1 aromatic rings. The van der Waals surface area contributed by atoms with Crippen LogP contribution in [0.15, 0.2) is 29.2 Å². The van der Waals surface area contributed by atoms with E-state index in [-0.39, 0.29) is 9.64 Å². The molecule has 0 atom stereocenters. The number of benzene rings is 1. The van der Waals surface area contributed by atoms with Gasteiger partial charge in [0.1, 0.15) is 4.90 Å². The van der Waals surface area contributed by atoms with Crippen LogP contribution in [0.5, 0.6) is 0 Å². The first-order chi connectivity index (χ1) is 8.33. The van der Waals surface area contributed by atoms with Crippen molar-refractivity contribution in [2.45, 2.75) is 23.5 Å². The minimum Gasteiger partial charge on any atom is -0.398 e. The molecule has 4 nitrogen and oxygen atoms in total. The fourth-order valence-corrected chi connectivity index (χ4v) is 5.06. The summed E-state index contributed by atoms with van der Waals surface area (Å²) in [5, 5.41) is 0. The summed E-state index contributed by atoms with van der Waals surface area (Å²) in [5.41, 5.74) is 6.08. The predicted octanol–water partition coefficient (Wildman–Crippen LogP) is 1.78. The summed E-state index contributed by atoms with van der Waals surface area (Å²) in [6.07, 6.45) is 0. The highest BCUT2D eigenvalue weighted by molar-refractivity contribution is 8.00. The van der Waals surface area contributed by atoms with Crippen LogP contribution >= 0.6 is 11.8 Å². The average molecular weight is 286 g/mol. The van der Waals surface area contributed by atoms with Crippen LogP contribution in [0.25, 0.3) is 0 Å². The van der Waals surface area contributed by atoms with Gasteiger partial charge in [-0.15, -0.1) is 0 Å². The number of hydrogen-bond acceptors (Lipinski definition) is 4. The normalized spacial score (nSPS) is 20.8. The van der Waals surface area contributed by atoms with Crippen LogP contribution in [0.2, 0.25) is 0 Å². The summed E-state index contributed by atoms with van der Waals surface area (Å²) < 4.78 is 26.6. The van der Waals surface area contributed by atoms with Crippen LogP contribution in [0.1, 0.15) is 13.8 Å². The highest BCUT2D eigenvalue weighted by atomic mass is 32.2. The number of hydrogen-bond donors (Lipinski definition) is 1. The molecule has 1 aliphatic rings. The van der Waals surface area contributed by atoms with E-state index in [0.29, 0.717) is 18.8 Å². The van der Waals surface area contributed by atoms with Gasteiger partial charge < -0.3 is 5.73 Å². The van der Waals surface area contributed by atoms with E-state index < -0.39 is 10.0 Å². The Kier molecular flexibility index (Phi) is 3.62. The molecule has 0 unspecified atom stereocenters. The number of nitrogens with two attached hydrogens (primary N) is 1. The van der Waals surface area contributed by atoms with Crippen molar-refractivity contribution in [1.29, 1.82) is 0 Å². The van der Waals surface area contributed by atoms with Crippen LogP contribution < -0.4 is 5.73 Å². The first-order valence-electron chi connectivity index (χ1n) is 5.81. The van der Waals surface area contributed by atoms with Gasteiger partial charge in [-0.1, -0.05) is 12.1 Å². The van der Waals surface area contributed by atoms with Crippen LogP contribution in [0.3, 0.4) is 0 Å². The van der Waals surface area contributed by atoms with E-state index in [1.807, 2.05) is 0 Å². The van der Waals surface area contributed by atoms with Gasteiger partial charge in [-0.2, -0.15) is 16.1 Å². The Morgan fingerprint density at radius 2 is 2.00 bits per heavy atom. The van der Waals surface area contributed by atoms with Crippen molar-refractivity contribution in [3.63, 3.8) is 0 Å². The van der Waals surface area contributed by atoms with Crippen molar-refractivity contribution < 1.29 is 8.42 Å². The topological polar surface area (TPSA) is 63.4 Å². The number of para-hydroxylation sites is 1. The van der Waals surface area contributed by atoms with E-state index in [0.717, 1.165) is 5.75 Å². The lowest BCUT2D eigenvalue weighted by Gasteiger charge is -2.36. The summed E-state index contributed by atoms with van der Waals surface area (Å²) in [6, 6.07) is 6.63. The van der Waals surface area contributed by atoms with Gasteiger partial charge in [0.05, 0.1) is 5.69 Å². The average Bonchev–Trinajstić information content (AvgIpc) is 2.28. The van der Waals surface area contributed by atoms with Crippen molar-refractivity contribution in [1.82, 2.24) is 4.31 Å². The Morgan fingerprint density at radius 3 is 2.61 bits per heavy atom. The molecule has 100 valence electrons. The molecule has 0 saturated carbocycles. The number of thioether (sulfide) groups is 1. The van der Waals surface area contributed by atoms with E-state index in [2.05, 4.69) is 13.8 Å². The number of sulfonamides is 1. The van der Waals surface area contributed by atoms with Gasteiger partial charge in [-0.25, -0.2) is 8.42 Å². The molecule has 1 heterocycles. The van der Waals surface area contributed by atoms with Gasteiger partial charge in [0.25, 0.3) is 0 Å². The zero-order chi connectivity index (χ0) is 13.4. The summed E-state index contributed by atoms with van der Waals surface area (Å²) in [7, 11) is -3.47. The third-order valence-electron chi connectivity index (χ3n) is 2.93. The molecule has 1 saturated heterocycles. The van der Waals surface area contributed by atoms with Crippen molar-refractivity contribution in [2.75, 3.05) is 24.6 Å². The molecular weight excluding hydrogens is 268 g/mol. The second-order valence-corrected chi connectivity index (χ2v) is 8.69. The summed E-state index contributed by atoms with van der Waals surface area (Å²) in [4.78, 5) is 0.215. The standard InChI is InChI=1S/C12H18N2O2S2/c1-12(2)9-14(7-8-17-12)18(15,16)11-6-4-3-5-10(11)13/h3-6H,7-9,13H2,1-2H3. The van der Waals surface area contributed by atoms with Gasteiger partial charge in [-0.05, 0) is 26.0 Å². The van der Waals surface area contributed by atoms with Gasteiger partial charge >= 0.3 is 0 Å². The number of anilines is 1. The highest BCUT2D eigenvalue weighted by Gasteiger charge is 2.35. The third-order valence-corrected chi connectivity index (χ3v) is 6.14. The fraction of sp³-hybridized carbons (Fsp3) is 0.500. The molecule has 0 radical (unpaired) electrons. The molecule has 0 aromatic heterocycles. The Morgan fingerprint density at radius 1 is 1.33 bits per heavy atom. The third kappa shape index (κ3) is 2.65. The van der Waals surface area contributed by atoms with E-state index in [1.54, 1.807) is 36.0 Å². The summed E-state index contributed by atoms with van der Waals surface area (Å²) in [5.74, 6) is 0.818.